The van der Waals surface area contributed by atoms with Crippen LogP contribution in [-0.4, -0.2) is 36.6 Å². The molecule has 3 rings (SSSR count). The molecule has 0 fully saturated rings. The highest BCUT2D eigenvalue weighted by Gasteiger charge is 2.23. The third kappa shape index (κ3) is 2.85. The fraction of sp³-hybridized carbons (Fsp3) is 0.333. The van der Waals surface area contributed by atoms with Crippen LogP contribution >= 0.6 is 11.5 Å². The van der Waals surface area contributed by atoms with Crippen LogP contribution in [0.3, 0.4) is 0 Å². The van der Waals surface area contributed by atoms with Crippen molar-refractivity contribution in [2.24, 2.45) is 0 Å². The summed E-state index contributed by atoms with van der Waals surface area (Å²) in [6.07, 6.45) is -0.205. The van der Waals surface area contributed by atoms with E-state index < -0.39 is 0 Å². The van der Waals surface area contributed by atoms with Crippen molar-refractivity contribution in [1.29, 1.82) is 0 Å². The molecule has 0 radical (unpaired) electrons. The first-order valence-corrected chi connectivity index (χ1v) is 7.77. The molecule has 1 aliphatic heterocycles. The molecule has 2 aromatic rings. The van der Waals surface area contributed by atoms with E-state index in [9.17, 15) is 4.79 Å². The van der Waals surface area contributed by atoms with Gasteiger partial charge in [0.05, 0.1) is 17.8 Å². The molecule has 0 spiro atoms. The maximum atomic E-state index is 12.3. The summed E-state index contributed by atoms with van der Waals surface area (Å²) in [6.45, 7) is 2.62. The van der Waals surface area contributed by atoms with E-state index in [1.807, 2.05) is 31.2 Å². The Morgan fingerprint density at radius 3 is 2.95 bits per heavy atom. The van der Waals surface area contributed by atoms with Crippen LogP contribution < -0.4 is 20.1 Å². The second-order valence-electron chi connectivity index (χ2n) is 4.93. The number of nitrogens with zero attached hydrogens (tertiary/aromatic N) is 1. The van der Waals surface area contributed by atoms with Gasteiger partial charge in [0, 0.05) is 7.05 Å². The SMILES string of the molecule is CNc1snc(C)c1C(=O)NC[C@@H]1COc2ccccc2O1. The molecule has 0 saturated carbocycles. The van der Waals surface area contributed by atoms with Crippen molar-refractivity contribution in [2.75, 3.05) is 25.5 Å². The van der Waals surface area contributed by atoms with Gasteiger partial charge in [-0.3, -0.25) is 4.79 Å². The van der Waals surface area contributed by atoms with Crippen LogP contribution in [0, 0.1) is 6.92 Å². The van der Waals surface area contributed by atoms with Crippen LogP contribution in [0.2, 0.25) is 0 Å². The lowest BCUT2D eigenvalue weighted by Crippen LogP contribution is -2.40. The van der Waals surface area contributed by atoms with Crippen molar-refractivity contribution in [3.63, 3.8) is 0 Å². The van der Waals surface area contributed by atoms with E-state index in [4.69, 9.17) is 9.47 Å². The van der Waals surface area contributed by atoms with Gasteiger partial charge < -0.3 is 20.1 Å². The highest BCUT2D eigenvalue weighted by molar-refractivity contribution is 7.10. The van der Waals surface area contributed by atoms with Crippen LogP contribution in [0.25, 0.3) is 0 Å². The third-order valence-corrected chi connectivity index (χ3v) is 4.33. The molecule has 1 atom stereocenters. The van der Waals surface area contributed by atoms with E-state index in [-0.39, 0.29) is 12.0 Å². The van der Waals surface area contributed by atoms with Gasteiger partial charge in [-0.05, 0) is 30.6 Å². The van der Waals surface area contributed by atoms with Crippen molar-refractivity contribution >= 4 is 22.4 Å². The summed E-state index contributed by atoms with van der Waals surface area (Å²) in [4.78, 5) is 12.3. The molecule has 22 heavy (non-hydrogen) atoms. The Morgan fingerprint density at radius 1 is 1.41 bits per heavy atom. The van der Waals surface area contributed by atoms with Gasteiger partial charge >= 0.3 is 0 Å². The van der Waals surface area contributed by atoms with Crippen LogP contribution in [0.5, 0.6) is 11.5 Å². The smallest absolute Gasteiger partial charge is 0.256 e. The number of para-hydroxylation sites is 2. The molecular formula is C15H17N3O3S. The van der Waals surface area contributed by atoms with Crippen LogP contribution in [0.15, 0.2) is 24.3 Å². The average Bonchev–Trinajstić information content (AvgIpc) is 2.93. The van der Waals surface area contributed by atoms with E-state index in [1.165, 1.54) is 11.5 Å². The van der Waals surface area contributed by atoms with Crippen molar-refractivity contribution in [3.8, 4) is 11.5 Å². The molecule has 1 amide bonds. The predicted octanol–water partition coefficient (Wildman–Crippen LogP) is 2.06. The molecule has 1 aliphatic rings. The number of fused-ring (bicyclic) bond motifs is 1. The van der Waals surface area contributed by atoms with Gasteiger partial charge in [0.25, 0.3) is 5.91 Å². The first kappa shape index (κ1) is 14.6. The minimum atomic E-state index is -0.205. The maximum Gasteiger partial charge on any atom is 0.256 e. The summed E-state index contributed by atoms with van der Waals surface area (Å²) in [5.41, 5.74) is 1.31. The molecule has 1 aromatic heterocycles. The van der Waals surface area contributed by atoms with Crippen molar-refractivity contribution < 1.29 is 14.3 Å². The fourth-order valence-corrected chi connectivity index (χ4v) is 3.01. The zero-order chi connectivity index (χ0) is 15.5. The largest absolute Gasteiger partial charge is 0.486 e. The molecule has 0 saturated heterocycles. The summed E-state index contributed by atoms with van der Waals surface area (Å²) in [5.74, 6) is 1.29. The molecule has 2 heterocycles. The first-order valence-electron chi connectivity index (χ1n) is 6.99. The number of aryl methyl sites for hydroxylation is 1. The summed E-state index contributed by atoms with van der Waals surface area (Å²) >= 11 is 1.28. The van der Waals surface area contributed by atoms with Crippen LogP contribution in [0.4, 0.5) is 5.00 Å². The number of aromatic nitrogens is 1. The van der Waals surface area contributed by atoms with Gasteiger partial charge in [-0.25, -0.2) is 0 Å². The maximum absolute atomic E-state index is 12.3. The Bertz CT molecular complexity index is 686. The molecule has 0 aliphatic carbocycles. The molecule has 0 bridgehead atoms. The molecule has 6 nitrogen and oxygen atoms in total. The number of ether oxygens (including phenoxy) is 2. The van der Waals surface area contributed by atoms with E-state index in [0.717, 1.165) is 16.4 Å². The normalized spacial score (nSPS) is 16.2. The lowest BCUT2D eigenvalue weighted by molar-refractivity contribution is 0.0789. The highest BCUT2D eigenvalue weighted by Crippen LogP contribution is 2.30. The summed E-state index contributed by atoms with van der Waals surface area (Å²) in [7, 11) is 1.78. The zero-order valence-corrected chi connectivity index (χ0v) is 13.2. The van der Waals surface area contributed by atoms with Gasteiger partial charge in [0.15, 0.2) is 11.5 Å². The van der Waals surface area contributed by atoms with Gasteiger partial charge in [-0.1, -0.05) is 12.1 Å². The highest BCUT2D eigenvalue weighted by atomic mass is 32.1. The molecule has 7 heteroatoms. The number of anilines is 1. The van der Waals surface area contributed by atoms with Crippen molar-refractivity contribution in [2.45, 2.75) is 13.0 Å². The molecule has 2 N–H and O–H groups in total. The number of nitrogens with one attached hydrogen (secondary N) is 2. The van der Waals surface area contributed by atoms with E-state index in [2.05, 4.69) is 15.0 Å². The number of carbonyl (C=O) groups excluding carboxylic acids is 1. The Balaban J connectivity index is 1.62. The van der Waals surface area contributed by atoms with Gasteiger partial charge in [-0.15, -0.1) is 0 Å². The predicted molar refractivity (Wildman–Crippen MR) is 85.1 cm³/mol. The van der Waals surface area contributed by atoms with Gasteiger partial charge in [0.2, 0.25) is 0 Å². The lowest BCUT2D eigenvalue weighted by atomic mass is 10.2. The van der Waals surface area contributed by atoms with E-state index >= 15 is 0 Å². The lowest BCUT2D eigenvalue weighted by Gasteiger charge is -2.26. The summed E-state index contributed by atoms with van der Waals surface area (Å²) in [6, 6.07) is 7.51. The number of amides is 1. The Morgan fingerprint density at radius 2 is 2.18 bits per heavy atom. The topological polar surface area (TPSA) is 72.5 Å². The molecular weight excluding hydrogens is 302 g/mol. The second kappa shape index (κ2) is 6.23. The number of hydrogen-bond acceptors (Lipinski definition) is 6. The third-order valence-electron chi connectivity index (χ3n) is 3.37. The van der Waals surface area contributed by atoms with Crippen molar-refractivity contribution in [3.05, 3.63) is 35.5 Å². The van der Waals surface area contributed by atoms with E-state index in [1.54, 1.807) is 7.05 Å². The quantitative estimate of drug-likeness (QED) is 0.902. The Kier molecular flexibility index (Phi) is 4.15. The van der Waals surface area contributed by atoms with Gasteiger partial charge in [-0.2, -0.15) is 4.37 Å². The summed E-state index contributed by atoms with van der Waals surface area (Å²) in [5, 5.41) is 6.64. The minimum absolute atomic E-state index is 0.155. The number of carbonyl (C=O) groups is 1. The van der Waals surface area contributed by atoms with E-state index in [0.29, 0.717) is 24.5 Å². The fourth-order valence-electron chi connectivity index (χ4n) is 2.27. The Hall–Kier alpha value is -2.28. The monoisotopic (exact) mass is 319 g/mol. The standard InChI is InChI=1S/C15H17N3O3S/c1-9-13(15(16-2)22-18-9)14(19)17-7-10-8-20-11-5-3-4-6-12(11)21-10/h3-6,10,16H,7-8H2,1-2H3,(H,17,19)/t10-/m1/s1. The second-order valence-corrected chi connectivity index (χ2v) is 5.70. The minimum Gasteiger partial charge on any atom is -0.486 e. The number of hydrogen-bond donors (Lipinski definition) is 2. The molecule has 1 aromatic carbocycles. The number of benzene rings is 1. The van der Waals surface area contributed by atoms with Crippen molar-refractivity contribution in [1.82, 2.24) is 9.69 Å². The van der Waals surface area contributed by atoms with Gasteiger partial charge in [0.1, 0.15) is 17.7 Å². The molecule has 0 unspecified atom stereocenters. The van der Waals surface area contributed by atoms with Crippen LogP contribution in [0.1, 0.15) is 16.1 Å². The summed E-state index contributed by atoms with van der Waals surface area (Å²) < 4.78 is 15.6. The zero-order valence-electron chi connectivity index (χ0n) is 12.4. The van der Waals surface area contributed by atoms with Crippen LogP contribution in [-0.2, 0) is 0 Å². The average molecular weight is 319 g/mol. The Labute approximate surface area is 132 Å². The number of rotatable bonds is 4. The molecule has 116 valence electrons. The first-order chi connectivity index (χ1) is 10.7.